The van der Waals surface area contributed by atoms with Crippen molar-refractivity contribution in [2.45, 2.75) is 6.17 Å². The Morgan fingerprint density at radius 2 is 2.32 bits per heavy atom. The number of alkyl halides is 1. The third kappa shape index (κ3) is 2.07. The van der Waals surface area contributed by atoms with Crippen LogP contribution in [0, 0.1) is 3.57 Å². The van der Waals surface area contributed by atoms with Crippen molar-refractivity contribution in [3.05, 3.63) is 39.2 Å². The van der Waals surface area contributed by atoms with Gasteiger partial charge in [0, 0.05) is 3.57 Å². The van der Waals surface area contributed by atoms with E-state index in [2.05, 4.69) is 27.7 Å². The fourth-order valence-corrected chi connectivity index (χ4v) is 2.42. The van der Waals surface area contributed by atoms with Gasteiger partial charge >= 0.3 is 5.97 Å². The van der Waals surface area contributed by atoms with E-state index in [0.29, 0.717) is 11.4 Å². The molecule has 0 fully saturated rings. The number of hydrogen-bond acceptors (Lipinski definition) is 3. The Balaban J connectivity index is 2.25. The maximum atomic E-state index is 14.0. The summed E-state index contributed by atoms with van der Waals surface area (Å²) < 4.78 is 21.6. The number of fused-ring (bicyclic) bond motifs is 3. The molecule has 0 spiro atoms. The minimum atomic E-state index is -1.41. The highest BCUT2D eigenvalue weighted by Crippen LogP contribution is 2.33. The molecule has 3 rings (SSSR count). The summed E-state index contributed by atoms with van der Waals surface area (Å²) in [7, 11) is 0. The molecule has 0 bridgehead atoms. The average molecular weight is 374 g/mol. The summed E-state index contributed by atoms with van der Waals surface area (Å²) in [6.45, 7) is -0.154. The van der Waals surface area contributed by atoms with Crippen molar-refractivity contribution in [3.63, 3.8) is 0 Å². The van der Waals surface area contributed by atoms with Gasteiger partial charge in [0.25, 0.3) is 0 Å². The number of ether oxygens (including phenoxy) is 1. The van der Waals surface area contributed by atoms with Gasteiger partial charge in [0.2, 0.25) is 0 Å². The number of carboxylic acid groups (broad SMARTS) is 1. The monoisotopic (exact) mass is 374 g/mol. The second-order valence-electron chi connectivity index (χ2n) is 4.06. The van der Waals surface area contributed by atoms with Gasteiger partial charge in [0.15, 0.2) is 11.9 Å². The van der Waals surface area contributed by atoms with Crippen LogP contribution in [0.3, 0.4) is 0 Å². The van der Waals surface area contributed by atoms with Crippen LogP contribution in [0.2, 0.25) is 0 Å². The molecule has 0 radical (unpaired) electrons. The van der Waals surface area contributed by atoms with Gasteiger partial charge in [-0.05, 0) is 46.9 Å². The smallest absolute Gasteiger partial charge is 0.356 e. The normalized spacial score (nSPS) is 17.1. The Hall–Kier alpha value is -1.64. The first-order valence-electron chi connectivity index (χ1n) is 5.46. The summed E-state index contributed by atoms with van der Waals surface area (Å²) in [5, 5.41) is 12.9. The number of aromatic carboxylic acids is 1. The van der Waals surface area contributed by atoms with E-state index in [0.717, 1.165) is 3.57 Å². The quantitative estimate of drug-likeness (QED) is 0.780. The zero-order valence-electron chi connectivity index (χ0n) is 9.51. The predicted octanol–water partition coefficient (Wildman–Crippen LogP) is 2.58. The summed E-state index contributed by atoms with van der Waals surface area (Å²) in [4.78, 5) is 11.0. The fraction of sp³-hybridized carbons (Fsp3) is 0.167. The molecule has 1 atom stereocenters. The maximum Gasteiger partial charge on any atom is 0.356 e. The molecule has 1 unspecified atom stereocenters. The summed E-state index contributed by atoms with van der Waals surface area (Å²) in [6, 6.07) is 6.57. The van der Waals surface area contributed by atoms with E-state index >= 15 is 0 Å². The topological polar surface area (TPSA) is 64.3 Å². The predicted molar refractivity (Wildman–Crippen MR) is 72.6 cm³/mol. The lowest BCUT2D eigenvalue weighted by Crippen LogP contribution is -2.05. The number of benzene rings is 1. The number of nitrogens with zero attached hydrogens (tertiary/aromatic N) is 2. The van der Waals surface area contributed by atoms with E-state index in [-0.39, 0.29) is 18.0 Å². The van der Waals surface area contributed by atoms with Crippen molar-refractivity contribution in [1.29, 1.82) is 0 Å². The van der Waals surface area contributed by atoms with Crippen LogP contribution in [0.25, 0.3) is 5.69 Å². The Labute approximate surface area is 121 Å². The van der Waals surface area contributed by atoms with Crippen LogP contribution in [0.15, 0.2) is 24.3 Å². The minimum Gasteiger partial charge on any atom is -0.488 e. The molecule has 0 amide bonds. The molecular weight excluding hydrogens is 366 g/mol. The van der Waals surface area contributed by atoms with Crippen LogP contribution in [0.1, 0.15) is 22.4 Å². The number of rotatable bonds is 1. The Bertz CT molecular complexity index is 671. The molecule has 1 aliphatic rings. The second-order valence-corrected chi connectivity index (χ2v) is 5.31. The molecule has 98 valence electrons. The van der Waals surface area contributed by atoms with Gasteiger partial charge in [0.05, 0.1) is 5.69 Å². The van der Waals surface area contributed by atoms with Crippen LogP contribution in [-0.4, -0.2) is 27.5 Å². The van der Waals surface area contributed by atoms with Gasteiger partial charge in [-0.2, -0.15) is 5.10 Å². The molecule has 2 heterocycles. The number of carboxylic acids is 1. The first-order valence-corrected chi connectivity index (χ1v) is 6.54. The summed E-state index contributed by atoms with van der Waals surface area (Å²) >= 11 is 2.12. The molecule has 0 saturated carbocycles. The maximum absolute atomic E-state index is 14.0. The molecule has 1 N–H and O–H groups in total. The van der Waals surface area contributed by atoms with Crippen molar-refractivity contribution in [2.75, 3.05) is 6.61 Å². The molecule has 0 aliphatic carbocycles. The van der Waals surface area contributed by atoms with Crippen molar-refractivity contribution >= 4 is 28.6 Å². The molecule has 5 nitrogen and oxygen atoms in total. The minimum absolute atomic E-state index is 0.154. The number of aromatic nitrogens is 2. The van der Waals surface area contributed by atoms with Crippen LogP contribution in [0.5, 0.6) is 5.75 Å². The van der Waals surface area contributed by atoms with Gasteiger partial charge in [-0.25, -0.2) is 13.9 Å². The van der Waals surface area contributed by atoms with Crippen LogP contribution in [0.4, 0.5) is 4.39 Å². The lowest BCUT2D eigenvalue weighted by atomic mass is 10.2. The van der Waals surface area contributed by atoms with Crippen molar-refractivity contribution < 1.29 is 19.0 Å². The van der Waals surface area contributed by atoms with E-state index < -0.39 is 12.1 Å². The molecule has 1 aromatic heterocycles. The van der Waals surface area contributed by atoms with E-state index in [9.17, 15) is 9.18 Å². The van der Waals surface area contributed by atoms with Crippen molar-refractivity contribution in [3.8, 4) is 11.4 Å². The van der Waals surface area contributed by atoms with Crippen molar-refractivity contribution in [2.24, 2.45) is 0 Å². The summed E-state index contributed by atoms with van der Waals surface area (Å²) in [5.74, 6) is -0.692. The lowest BCUT2D eigenvalue weighted by molar-refractivity contribution is 0.0690. The number of hydrogen-bond donors (Lipinski definition) is 1. The third-order valence-corrected chi connectivity index (χ3v) is 3.48. The zero-order chi connectivity index (χ0) is 13.6. The van der Waals surface area contributed by atoms with Crippen LogP contribution >= 0.6 is 22.6 Å². The molecular formula is C12H8FIN2O3. The highest BCUT2D eigenvalue weighted by Gasteiger charge is 2.26. The van der Waals surface area contributed by atoms with E-state index in [4.69, 9.17) is 9.84 Å². The highest BCUT2D eigenvalue weighted by atomic mass is 127. The van der Waals surface area contributed by atoms with E-state index in [1.54, 1.807) is 12.1 Å². The molecule has 1 aliphatic heterocycles. The van der Waals surface area contributed by atoms with E-state index in [1.807, 2.05) is 6.07 Å². The zero-order valence-corrected chi connectivity index (χ0v) is 11.7. The highest BCUT2D eigenvalue weighted by molar-refractivity contribution is 14.1. The first kappa shape index (κ1) is 12.4. The largest absolute Gasteiger partial charge is 0.488 e. The molecule has 0 saturated heterocycles. The summed E-state index contributed by atoms with van der Waals surface area (Å²) in [5.41, 5.74) is 0.567. The lowest BCUT2D eigenvalue weighted by Gasteiger charge is -2.08. The Kier molecular flexibility index (Phi) is 2.92. The molecule has 1 aromatic carbocycles. The fourth-order valence-electron chi connectivity index (χ4n) is 1.94. The average Bonchev–Trinajstić information content (AvgIpc) is 2.77. The Morgan fingerprint density at radius 3 is 3.05 bits per heavy atom. The van der Waals surface area contributed by atoms with Gasteiger partial charge in [-0.3, -0.25) is 0 Å². The standard InChI is InChI=1S/C12H8FIN2O3/c13-7-5-19-11-2-1-6(14)3-10(11)16-9(7)4-8(15-16)12(17)18/h1-4,7H,5H2,(H,17,18). The van der Waals surface area contributed by atoms with Gasteiger partial charge in [-0.15, -0.1) is 0 Å². The third-order valence-electron chi connectivity index (χ3n) is 2.81. The van der Waals surface area contributed by atoms with Crippen molar-refractivity contribution in [1.82, 2.24) is 9.78 Å². The van der Waals surface area contributed by atoms with Gasteiger partial charge in [0.1, 0.15) is 18.0 Å². The molecule has 19 heavy (non-hydrogen) atoms. The number of carbonyl (C=O) groups is 1. The summed E-state index contributed by atoms with van der Waals surface area (Å²) in [6.07, 6.45) is -1.41. The Morgan fingerprint density at radius 1 is 1.53 bits per heavy atom. The second kappa shape index (κ2) is 4.48. The van der Waals surface area contributed by atoms with E-state index in [1.165, 1.54) is 10.7 Å². The van der Waals surface area contributed by atoms with Crippen LogP contribution < -0.4 is 4.74 Å². The molecule has 2 aromatic rings. The first-order chi connectivity index (χ1) is 9.06. The SMILES string of the molecule is O=C(O)c1cc2n(n1)-c1cc(I)ccc1OCC2F. The van der Waals surface area contributed by atoms with Gasteiger partial charge in [-0.1, -0.05) is 0 Å². The molecule has 7 heteroatoms. The van der Waals surface area contributed by atoms with Gasteiger partial charge < -0.3 is 9.84 Å². The van der Waals surface area contributed by atoms with Crippen LogP contribution in [-0.2, 0) is 0 Å². The number of halogens is 2.